The number of allylic oxidation sites excluding steroid dienone is 3. The topological polar surface area (TPSA) is 20.3 Å². The second kappa shape index (κ2) is 7.83. The Balaban J connectivity index is 2.03. The maximum atomic E-state index is 12.7. The molecule has 0 bridgehead atoms. The molecule has 0 aliphatic heterocycles. The molecule has 0 N–H and O–H groups in total. The molecule has 0 unspecified atom stereocenters. The SMILES string of the molecule is CN(C)c1ccc(/C=C/C=C/C(=O)c2cccc(C(F)(F)F)c2)cc1. The van der Waals surface area contributed by atoms with E-state index in [2.05, 4.69) is 0 Å². The average molecular weight is 345 g/mol. The van der Waals surface area contributed by atoms with E-state index in [-0.39, 0.29) is 5.56 Å². The van der Waals surface area contributed by atoms with Crippen molar-refractivity contribution in [2.45, 2.75) is 6.18 Å². The van der Waals surface area contributed by atoms with E-state index in [0.29, 0.717) is 0 Å². The lowest BCUT2D eigenvalue weighted by atomic mass is 10.1. The van der Waals surface area contributed by atoms with Gasteiger partial charge in [-0.15, -0.1) is 0 Å². The molecule has 0 aliphatic carbocycles. The quantitative estimate of drug-likeness (QED) is 0.420. The number of carbonyl (C=O) groups is 1. The van der Waals surface area contributed by atoms with Gasteiger partial charge in [-0.2, -0.15) is 13.2 Å². The Labute approximate surface area is 144 Å². The van der Waals surface area contributed by atoms with Gasteiger partial charge in [-0.25, -0.2) is 0 Å². The van der Waals surface area contributed by atoms with E-state index in [9.17, 15) is 18.0 Å². The zero-order valence-electron chi connectivity index (χ0n) is 13.9. The third-order valence-electron chi connectivity index (χ3n) is 3.53. The first-order valence-electron chi connectivity index (χ1n) is 7.61. The highest BCUT2D eigenvalue weighted by Gasteiger charge is 2.30. The highest BCUT2D eigenvalue weighted by atomic mass is 19.4. The van der Waals surface area contributed by atoms with Crippen LogP contribution in [0, 0.1) is 0 Å². The predicted octanol–water partition coefficient (Wildman–Crippen LogP) is 5.22. The van der Waals surface area contributed by atoms with Crippen molar-refractivity contribution < 1.29 is 18.0 Å². The van der Waals surface area contributed by atoms with Crippen molar-refractivity contribution in [2.24, 2.45) is 0 Å². The summed E-state index contributed by atoms with van der Waals surface area (Å²) in [7, 11) is 3.90. The monoisotopic (exact) mass is 345 g/mol. The Bertz CT molecular complexity index is 787. The van der Waals surface area contributed by atoms with Crippen LogP contribution in [0.3, 0.4) is 0 Å². The summed E-state index contributed by atoms with van der Waals surface area (Å²) in [5.74, 6) is -0.473. The molecule has 0 atom stereocenters. The summed E-state index contributed by atoms with van der Waals surface area (Å²) in [5.41, 5.74) is 1.22. The summed E-state index contributed by atoms with van der Waals surface area (Å²) in [6.07, 6.45) is 1.80. The lowest BCUT2D eigenvalue weighted by molar-refractivity contribution is -0.137. The van der Waals surface area contributed by atoms with Crippen LogP contribution in [-0.2, 0) is 6.18 Å². The highest BCUT2D eigenvalue weighted by molar-refractivity contribution is 6.04. The van der Waals surface area contributed by atoms with Gasteiger partial charge in [0, 0.05) is 25.3 Å². The Kier molecular flexibility index (Phi) is 5.80. The van der Waals surface area contributed by atoms with Gasteiger partial charge in [0.05, 0.1) is 5.56 Å². The second-order valence-electron chi connectivity index (χ2n) is 5.65. The summed E-state index contributed by atoms with van der Waals surface area (Å²) in [6, 6.07) is 12.2. The van der Waals surface area contributed by atoms with E-state index in [0.717, 1.165) is 23.4 Å². The van der Waals surface area contributed by atoms with Crippen LogP contribution >= 0.6 is 0 Å². The minimum absolute atomic E-state index is 0.00908. The highest BCUT2D eigenvalue weighted by Crippen LogP contribution is 2.29. The fraction of sp³-hybridized carbons (Fsp3) is 0.150. The van der Waals surface area contributed by atoms with E-state index in [4.69, 9.17) is 0 Å². The number of benzene rings is 2. The normalized spacial score (nSPS) is 12.0. The van der Waals surface area contributed by atoms with Crippen molar-refractivity contribution in [1.29, 1.82) is 0 Å². The summed E-state index contributed by atoms with van der Waals surface area (Å²) in [4.78, 5) is 13.9. The summed E-state index contributed by atoms with van der Waals surface area (Å²) in [5, 5.41) is 0. The molecule has 2 aromatic rings. The molecule has 0 fully saturated rings. The van der Waals surface area contributed by atoms with Crippen LogP contribution in [0.5, 0.6) is 0 Å². The molecule has 2 nitrogen and oxygen atoms in total. The lowest BCUT2D eigenvalue weighted by Gasteiger charge is -2.11. The largest absolute Gasteiger partial charge is 0.416 e. The predicted molar refractivity (Wildman–Crippen MR) is 94.7 cm³/mol. The number of hydrogen-bond acceptors (Lipinski definition) is 2. The molecule has 0 radical (unpaired) electrons. The number of nitrogens with zero attached hydrogens (tertiary/aromatic N) is 1. The van der Waals surface area contributed by atoms with Crippen molar-refractivity contribution >= 4 is 17.5 Å². The van der Waals surface area contributed by atoms with E-state index in [1.165, 1.54) is 24.3 Å². The van der Waals surface area contributed by atoms with E-state index >= 15 is 0 Å². The fourth-order valence-corrected chi connectivity index (χ4v) is 2.14. The molecular formula is C20H18F3NO. The lowest BCUT2D eigenvalue weighted by Crippen LogP contribution is -2.07. The number of alkyl halides is 3. The van der Waals surface area contributed by atoms with Crippen molar-refractivity contribution in [3.8, 4) is 0 Å². The molecule has 0 aromatic heterocycles. The number of ketones is 1. The van der Waals surface area contributed by atoms with Gasteiger partial charge in [-0.05, 0) is 35.9 Å². The van der Waals surface area contributed by atoms with Crippen LogP contribution in [0.2, 0.25) is 0 Å². The van der Waals surface area contributed by atoms with Gasteiger partial charge in [0.1, 0.15) is 0 Å². The fourth-order valence-electron chi connectivity index (χ4n) is 2.14. The van der Waals surface area contributed by atoms with Crippen LogP contribution in [0.4, 0.5) is 18.9 Å². The minimum atomic E-state index is -4.46. The molecule has 0 saturated carbocycles. The molecule has 25 heavy (non-hydrogen) atoms. The Morgan fingerprint density at radius 3 is 2.28 bits per heavy atom. The summed E-state index contributed by atoms with van der Waals surface area (Å²) < 4.78 is 38.0. The first kappa shape index (κ1) is 18.5. The molecule has 2 rings (SSSR count). The molecule has 2 aromatic carbocycles. The molecule has 0 aliphatic rings. The van der Waals surface area contributed by atoms with Crippen LogP contribution in [-0.4, -0.2) is 19.9 Å². The van der Waals surface area contributed by atoms with Gasteiger partial charge < -0.3 is 4.90 Å². The van der Waals surface area contributed by atoms with Gasteiger partial charge in [-0.1, -0.05) is 42.5 Å². The van der Waals surface area contributed by atoms with Gasteiger partial charge in [0.25, 0.3) is 0 Å². The maximum absolute atomic E-state index is 12.7. The standard InChI is InChI=1S/C20H18F3NO/c1-24(2)18-12-10-15(11-13-18)6-3-4-9-19(25)16-7-5-8-17(14-16)20(21,22)23/h3-14H,1-2H3/b6-3+,9-4+. The smallest absolute Gasteiger partial charge is 0.378 e. The van der Waals surface area contributed by atoms with Crippen LogP contribution in [0.15, 0.2) is 66.8 Å². The van der Waals surface area contributed by atoms with Crippen LogP contribution in [0.25, 0.3) is 6.08 Å². The maximum Gasteiger partial charge on any atom is 0.416 e. The molecular weight excluding hydrogens is 327 g/mol. The summed E-state index contributed by atoms with van der Waals surface area (Å²) >= 11 is 0. The number of halogens is 3. The Morgan fingerprint density at radius 1 is 1.00 bits per heavy atom. The second-order valence-corrected chi connectivity index (χ2v) is 5.65. The van der Waals surface area contributed by atoms with Gasteiger partial charge in [-0.3, -0.25) is 4.79 Å². The average Bonchev–Trinajstić information content (AvgIpc) is 2.58. The first-order chi connectivity index (χ1) is 11.8. The molecule has 5 heteroatoms. The number of anilines is 1. The molecule has 130 valence electrons. The van der Waals surface area contributed by atoms with Crippen molar-refractivity contribution in [3.05, 3.63) is 83.4 Å². The van der Waals surface area contributed by atoms with E-state index in [1.54, 1.807) is 6.08 Å². The number of carbonyl (C=O) groups excluding carboxylic acids is 1. The Hall–Kier alpha value is -2.82. The third kappa shape index (κ3) is 5.35. The van der Waals surface area contributed by atoms with Crippen LogP contribution < -0.4 is 4.90 Å². The van der Waals surface area contributed by atoms with E-state index < -0.39 is 17.5 Å². The molecule has 0 saturated heterocycles. The van der Waals surface area contributed by atoms with Crippen molar-refractivity contribution in [2.75, 3.05) is 19.0 Å². The van der Waals surface area contributed by atoms with Gasteiger partial charge in [0.15, 0.2) is 5.78 Å². The first-order valence-corrected chi connectivity index (χ1v) is 7.61. The van der Waals surface area contributed by atoms with Gasteiger partial charge >= 0.3 is 6.18 Å². The zero-order valence-corrected chi connectivity index (χ0v) is 13.9. The minimum Gasteiger partial charge on any atom is -0.378 e. The molecule has 0 heterocycles. The zero-order chi connectivity index (χ0) is 18.4. The molecule has 0 amide bonds. The molecule has 0 spiro atoms. The van der Waals surface area contributed by atoms with Gasteiger partial charge in [0.2, 0.25) is 0 Å². The van der Waals surface area contributed by atoms with Crippen molar-refractivity contribution in [1.82, 2.24) is 0 Å². The number of hydrogen-bond donors (Lipinski definition) is 0. The number of rotatable bonds is 5. The van der Waals surface area contributed by atoms with Crippen LogP contribution in [0.1, 0.15) is 21.5 Å². The summed E-state index contributed by atoms with van der Waals surface area (Å²) in [6.45, 7) is 0. The Morgan fingerprint density at radius 2 is 1.68 bits per heavy atom. The van der Waals surface area contributed by atoms with E-state index in [1.807, 2.05) is 49.3 Å². The third-order valence-corrected chi connectivity index (χ3v) is 3.53. The van der Waals surface area contributed by atoms with Crippen molar-refractivity contribution in [3.63, 3.8) is 0 Å².